The van der Waals surface area contributed by atoms with Crippen LogP contribution in [0.2, 0.25) is 0 Å². The van der Waals surface area contributed by atoms with E-state index in [9.17, 15) is 5.11 Å². The van der Waals surface area contributed by atoms with Crippen LogP contribution in [0.15, 0.2) is 24.3 Å². The Morgan fingerprint density at radius 1 is 1.47 bits per heavy atom. The fraction of sp³-hybridized carbons (Fsp3) is 0.538. The second-order valence-corrected chi connectivity index (χ2v) is 4.29. The van der Waals surface area contributed by atoms with Gasteiger partial charge in [-0.05, 0) is 31.2 Å². The number of para-hydroxylation sites is 1. The van der Waals surface area contributed by atoms with Gasteiger partial charge < -0.3 is 9.84 Å². The van der Waals surface area contributed by atoms with Crippen molar-refractivity contribution < 1.29 is 9.84 Å². The molecule has 1 aromatic carbocycles. The topological polar surface area (TPSA) is 29.5 Å². The van der Waals surface area contributed by atoms with Crippen molar-refractivity contribution in [1.29, 1.82) is 0 Å². The number of hydrogen-bond acceptors (Lipinski definition) is 2. The summed E-state index contributed by atoms with van der Waals surface area (Å²) in [7, 11) is 0. The van der Waals surface area contributed by atoms with Crippen LogP contribution in [0.5, 0.6) is 5.75 Å². The van der Waals surface area contributed by atoms with E-state index in [1.165, 1.54) is 0 Å². The molecule has 2 nitrogen and oxygen atoms in total. The molecule has 3 unspecified atom stereocenters. The molecule has 1 aliphatic carbocycles. The maximum absolute atomic E-state index is 10.2. The Kier molecular flexibility index (Phi) is 2.96. The number of benzene rings is 1. The van der Waals surface area contributed by atoms with Gasteiger partial charge in [-0.2, -0.15) is 0 Å². The minimum absolute atomic E-state index is 0.359. The number of aliphatic hydroxyl groups is 1. The molecule has 3 atom stereocenters. The monoisotopic (exact) mass is 206 g/mol. The zero-order chi connectivity index (χ0) is 10.8. The lowest BCUT2D eigenvalue weighted by Gasteiger charge is -2.15. The first kappa shape index (κ1) is 10.5. The molecule has 82 valence electrons. The summed E-state index contributed by atoms with van der Waals surface area (Å²) in [6, 6.07) is 7.78. The lowest BCUT2D eigenvalue weighted by Crippen LogP contribution is -2.04. The Morgan fingerprint density at radius 3 is 2.73 bits per heavy atom. The molecule has 2 rings (SSSR count). The van der Waals surface area contributed by atoms with Crippen LogP contribution in [0, 0.1) is 11.8 Å². The first-order valence-corrected chi connectivity index (χ1v) is 5.63. The average Bonchev–Trinajstić information content (AvgIpc) is 2.96. The second-order valence-electron chi connectivity index (χ2n) is 4.29. The van der Waals surface area contributed by atoms with Gasteiger partial charge in [0.25, 0.3) is 0 Å². The molecule has 0 radical (unpaired) electrons. The minimum Gasteiger partial charge on any atom is -0.493 e. The summed E-state index contributed by atoms with van der Waals surface area (Å²) < 4.78 is 5.51. The van der Waals surface area contributed by atoms with E-state index in [4.69, 9.17) is 4.74 Å². The molecule has 1 aliphatic rings. The third kappa shape index (κ3) is 2.15. The highest BCUT2D eigenvalue weighted by atomic mass is 16.5. The van der Waals surface area contributed by atoms with E-state index >= 15 is 0 Å². The van der Waals surface area contributed by atoms with Crippen molar-refractivity contribution in [2.24, 2.45) is 11.8 Å². The Morgan fingerprint density at radius 2 is 2.13 bits per heavy atom. The highest BCUT2D eigenvalue weighted by Gasteiger charge is 2.40. The summed E-state index contributed by atoms with van der Waals surface area (Å²) in [5.74, 6) is 1.90. The van der Waals surface area contributed by atoms with Gasteiger partial charge in [0.2, 0.25) is 0 Å². The molecule has 2 heteroatoms. The highest BCUT2D eigenvalue weighted by Crippen LogP contribution is 2.48. The summed E-state index contributed by atoms with van der Waals surface area (Å²) >= 11 is 0. The quantitative estimate of drug-likeness (QED) is 0.820. The molecule has 1 fully saturated rings. The fourth-order valence-corrected chi connectivity index (χ4v) is 2.03. The van der Waals surface area contributed by atoms with Crippen molar-refractivity contribution in [2.75, 3.05) is 6.61 Å². The zero-order valence-electron chi connectivity index (χ0n) is 9.31. The molecular weight excluding hydrogens is 188 g/mol. The van der Waals surface area contributed by atoms with Gasteiger partial charge in [0.15, 0.2) is 0 Å². The summed E-state index contributed by atoms with van der Waals surface area (Å²) in [5.41, 5.74) is 0.939. The maximum Gasteiger partial charge on any atom is 0.125 e. The van der Waals surface area contributed by atoms with Crippen molar-refractivity contribution in [3.05, 3.63) is 29.8 Å². The van der Waals surface area contributed by atoms with Crippen molar-refractivity contribution in [1.82, 2.24) is 0 Å². The first-order chi connectivity index (χ1) is 7.24. The van der Waals surface area contributed by atoms with Crippen LogP contribution in [0.3, 0.4) is 0 Å². The van der Waals surface area contributed by atoms with Crippen LogP contribution in [-0.4, -0.2) is 11.7 Å². The predicted octanol–water partition coefficient (Wildman–Crippen LogP) is 2.77. The summed E-state index contributed by atoms with van der Waals surface area (Å²) in [6.45, 7) is 4.78. The van der Waals surface area contributed by atoms with E-state index in [2.05, 4.69) is 6.92 Å². The van der Waals surface area contributed by atoms with E-state index in [0.29, 0.717) is 18.4 Å². The SMILES string of the molecule is CCOc1ccccc1C(O)C1CC1C. The van der Waals surface area contributed by atoms with Gasteiger partial charge in [-0.3, -0.25) is 0 Å². The van der Waals surface area contributed by atoms with Gasteiger partial charge in [-0.25, -0.2) is 0 Å². The molecule has 0 aromatic heterocycles. The summed E-state index contributed by atoms with van der Waals surface area (Å²) in [6.07, 6.45) is 0.768. The van der Waals surface area contributed by atoms with Gasteiger partial charge in [-0.1, -0.05) is 25.1 Å². The zero-order valence-corrected chi connectivity index (χ0v) is 9.31. The molecule has 0 heterocycles. The predicted molar refractivity (Wildman–Crippen MR) is 59.8 cm³/mol. The number of rotatable bonds is 4. The lowest BCUT2D eigenvalue weighted by molar-refractivity contribution is 0.143. The van der Waals surface area contributed by atoms with Crippen molar-refractivity contribution in [3.63, 3.8) is 0 Å². The second kappa shape index (κ2) is 4.23. The van der Waals surface area contributed by atoms with E-state index in [-0.39, 0.29) is 6.10 Å². The lowest BCUT2D eigenvalue weighted by atomic mass is 10.0. The van der Waals surface area contributed by atoms with Gasteiger partial charge >= 0.3 is 0 Å². The molecule has 0 saturated heterocycles. The van der Waals surface area contributed by atoms with Gasteiger partial charge in [0.1, 0.15) is 5.75 Å². The third-order valence-corrected chi connectivity index (χ3v) is 3.11. The summed E-state index contributed by atoms with van der Waals surface area (Å²) in [4.78, 5) is 0. The van der Waals surface area contributed by atoms with Crippen LogP contribution >= 0.6 is 0 Å². The Hall–Kier alpha value is -1.02. The largest absolute Gasteiger partial charge is 0.493 e. The Balaban J connectivity index is 2.18. The molecule has 1 saturated carbocycles. The van der Waals surface area contributed by atoms with Gasteiger partial charge in [-0.15, -0.1) is 0 Å². The molecule has 0 amide bonds. The van der Waals surface area contributed by atoms with Crippen LogP contribution in [-0.2, 0) is 0 Å². The number of hydrogen-bond donors (Lipinski definition) is 1. The first-order valence-electron chi connectivity index (χ1n) is 5.63. The maximum atomic E-state index is 10.2. The fourth-order valence-electron chi connectivity index (χ4n) is 2.03. The Labute approximate surface area is 90.9 Å². The Bertz CT molecular complexity index is 335. The third-order valence-electron chi connectivity index (χ3n) is 3.11. The summed E-state index contributed by atoms with van der Waals surface area (Å²) in [5, 5.41) is 10.2. The molecule has 0 spiro atoms. The van der Waals surface area contributed by atoms with Crippen molar-refractivity contribution >= 4 is 0 Å². The standard InChI is InChI=1S/C13H18O2/c1-3-15-12-7-5-4-6-10(12)13(14)11-8-9(11)2/h4-7,9,11,13-14H,3,8H2,1-2H3. The molecule has 15 heavy (non-hydrogen) atoms. The number of aliphatic hydroxyl groups excluding tert-OH is 1. The van der Waals surface area contributed by atoms with E-state index < -0.39 is 0 Å². The van der Waals surface area contributed by atoms with E-state index in [1.54, 1.807) is 0 Å². The molecule has 0 aliphatic heterocycles. The average molecular weight is 206 g/mol. The van der Waals surface area contributed by atoms with Crippen LogP contribution < -0.4 is 4.74 Å². The van der Waals surface area contributed by atoms with Crippen LogP contribution in [0.1, 0.15) is 31.9 Å². The van der Waals surface area contributed by atoms with Crippen LogP contribution in [0.4, 0.5) is 0 Å². The molecule has 1 N–H and O–H groups in total. The van der Waals surface area contributed by atoms with E-state index in [1.807, 2.05) is 31.2 Å². The number of ether oxygens (including phenoxy) is 1. The van der Waals surface area contributed by atoms with Crippen LogP contribution in [0.25, 0.3) is 0 Å². The molecule has 1 aromatic rings. The molecular formula is C13H18O2. The van der Waals surface area contributed by atoms with Crippen molar-refractivity contribution in [3.8, 4) is 5.75 Å². The van der Waals surface area contributed by atoms with E-state index in [0.717, 1.165) is 17.7 Å². The van der Waals surface area contributed by atoms with Gasteiger partial charge in [0.05, 0.1) is 12.7 Å². The highest BCUT2D eigenvalue weighted by molar-refractivity contribution is 5.36. The minimum atomic E-state index is -0.359. The van der Waals surface area contributed by atoms with Gasteiger partial charge in [0, 0.05) is 5.56 Å². The van der Waals surface area contributed by atoms with Crippen molar-refractivity contribution in [2.45, 2.75) is 26.4 Å². The smallest absolute Gasteiger partial charge is 0.125 e. The normalized spacial score (nSPS) is 26.1. The molecule has 0 bridgehead atoms.